The molecule has 2 aliphatic rings. The fourth-order valence-corrected chi connectivity index (χ4v) is 8.75. The molecule has 0 aliphatic heterocycles. The molecule has 2 aliphatic carbocycles. The van der Waals surface area contributed by atoms with Crippen LogP contribution in [-0.2, 0) is 5.41 Å². The van der Waals surface area contributed by atoms with Gasteiger partial charge in [0.1, 0.15) is 11.2 Å². The zero-order valence-corrected chi connectivity index (χ0v) is 27.0. The van der Waals surface area contributed by atoms with Crippen molar-refractivity contribution in [1.82, 2.24) is 9.97 Å². The Bertz CT molecular complexity index is 2780. The zero-order chi connectivity index (χ0) is 32.8. The van der Waals surface area contributed by atoms with Gasteiger partial charge in [0.05, 0.1) is 16.8 Å². The second-order valence-electron chi connectivity index (χ2n) is 13.2. The van der Waals surface area contributed by atoms with Gasteiger partial charge in [-0.2, -0.15) is 0 Å². The number of nitrogens with zero attached hydrogens (tertiary/aromatic N) is 2. The molecule has 2 heterocycles. The Morgan fingerprint density at radius 2 is 0.920 bits per heavy atom. The summed E-state index contributed by atoms with van der Waals surface area (Å²) in [5.74, 6) is 0.682. The Morgan fingerprint density at radius 3 is 1.68 bits per heavy atom. The predicted octanol–water partition coefficient (Wildman–Crippen LogP) is 11.7. The molecule has 3 nitrogen and oxygen atoms in total. The monoisotopic (exact) mass is 636 g/mol. The van der Waals surface area contributed by atoms with Crippen molar-refractivity contribution in [1.29, 1.82) is 0 Å². The molecule has 232 valence electrons. The lowest BCUT2D eigenvalue weighted by molar-refractivity contribution is 0.670. The SMILES string of the molecule is c1ccc(-c2nc(-c3cccc4c3-c3ccccc3C43c4ccccc4-c4ccccc43)cc(-c3cccc4c3oc3ccccc34)n2)cc1. The van der Waals surface area contributed by atoms with E-state index >= 15 is 0 Å². The lowest BCUT2D eigenvalue weighted by Gasteiger charge is -2.30. The number of para-hydroxylation sites is 2. The number of aromatic nitrogens is 2. The molecule has 0 radical (unpaired) electrons. The fraction of sp³-hybridized carbons (Fsp3) is 0.0213. The summed E-state index contributed by atoms with van der Waals surface area (Å²) < 4.78 is 6.52. The molecule has 11 rings (SSSR count). The van der Waals surface area contributed by atoms with Crippen molar-refractivity contribution in [2.75, 3.05) is 0 Å². The van der Waals surface area contributed by atoms with E-state index in [1.54, 1.807) is 0 Å². The highest BCUT2D eigenvalue weighted by atomic mass is 16.3. The van der Waals surface area contributed by atoms with Crippen LogP contribution in [0.4, 0.5) is 0 Å². The van der Waals surface area contributed by atoms with Gasteiger partial charge in [-0.1, -0.05) is 152 Å². The average Bonchev–Trinajstić information content (AvgIpc) is 3.82. The van der Waals surface area contributed by atoms with Crippen molar-refractivity contribution in [3.8, 4) is 56.2 Å². The molecule has 3 heteroatoms. The molecule has 0 fully saturated rings. The molecule has 2 aromatic heterocycles. The van der Waals surface area contributed by atoms with Gasteiger partial charge in [0, 0.05) is 27.5 Å². The van der Waals surface area contributed by atoms with Crippen LogP contribution in [0, 0.1) is 0 Å². The normalized spacial score (nSPS) is 13.4. The maximum absolute atomic E-state index is 6.52. The maximum Gasteiger partial charge on any atom is 0.160 e. The van der Waals surface area contributed by atoms with Gasteiger partial charge < -0.3 is 4.42 Å². The minimum Gasteiger partial charge on any atom is -0.455 e. The van der Waals surface area contributed by atoms with E-state index in [-0.39, 0.29) is 0 Å². The van der Waals surface area contributed by atoms with E-state index < -0.39 is 5.41 Å². The standard InChI is InChI=1S/C47H28N2O/c1-2-14-29(15-3-1)46-48-41(28-42(49-46)36-22-12-20-33-32-18-7-11-27-43(32)50-45(33)36)35-21-13-26-40-44(35)34-19-6-10-25-39(34)47(40)37-23-8-4-16-30(37)31-17-5-9-24-38(31)47/h1-28H. The van der Waals surface area contributed by atoms with Crippen LogP contribution in [0.25, 0.3) is 78.1 Å². The maximum atomic E-state index is 6.52. The third-order valence-electron chi connectivity index (χ3n) is 10.7. The first-order chi connectivity index (χ1) is 24.8. The van der Waals surface area contributed by atoms with Gasteiger partial charge in [-0.25, -0.2) is 9.97 Å². The van der Waals surface area contributed by atoms with E-state index in [1.807, 2.05) is 30.3 Å². The Labute approximate surface area is 289 Å². The van der Waals surface area contributed by atoms with E-state index in [9.17, 15) is 0 Å². The quantitative estimate of drug-likeness (QED) is 0.194. The third-order valence-corrected chi connectivity index (χ3v) is 10.7. The van der Waals surface area contributed by atoms with Crippen molar-refractivity contribution in [3.05, 3.63) is 192 Å². The van der Waals surface area contributed by atoms with Crippen LogP contribution in [0.2, 0.25) is 0 Å². The summed E-state index contributed by atoms with van der Waals surface area (Å²) in [6.45, 7) is 0. The first-order valence-corrected chi connectivity index (χ1v) is 17.1. The van der Waals surface area contributed by atoms with Gasteiger partial charge in [0.25, 0.3) is 0 Å². The van der Waals surface area contributed by atoms with Crippen LogP contribution in [0.5, 0.6) is 0 Å². The minimum atomic E-state index is -0.423. The van der Waals surface area contributed by atoms with Crippen molar-refractivity contribution >= 4 is 21.9 Å². The second-order valence-corrected chi connectivity index (χ2v) is 13.2. The van der Waals surface area contributed by atoms with E-state index in [4.69, 9.17) is 14.4 Å². The molecule has 0 saturated heterocycles. The number of fused-ring (bicyclic) bond motifs is 13. The van der Waals surface area contributed by atoms with E-state index in [0.29, 0.717) is 5.82 Å². The van der Waals surface area contributed by atoms with Gasteiger partial charge >= 0.3 is 0 Å². The minimum absolute atomic E-state index is 0.423. The first-order valence-electron chi connectivity index (χ1n) is 17.1. The third kappa shape index (κ3) is 3.58. The molecule has 0 saturated carbocycles. The lowest BCUT2D eigenvalue weighted by atomic mass is 9.70. The Balaban J connectivity index is 1.22. The van der Waals surface area contributed by atoms with Crippen LogP contribution in [0.15, 0.2) is 174 Å². The number of hydrogen-bond donors (Lipinski definition) is 0. The molecule has 0 N–H and O–H groups in total. The molecule has 0 unspecified atom stereocenters. The number of furan rings is 1. The highest BCUT2D eigenvalue weighted by molar-refractivity contribution is 6.09. The topological polar surface area (TPSA) is 38.9 Å². The highest BCUT2D eigenvalue weighted by Gasteiger charge is 2.52. The van der Waals surface area contributed by atoms with Crippen molar-refractivity contribution in [3.63, 3.8) is 0 Å². The van der Waals surface area contributed by atoms with E-state index in [0.717, 1.165) is 50.0 Å². The van der Waals surface area contributed by atoms with Gasteiger partial charge in [0.2, 0.25) is 0 Å². The van der Waals surface area contributed by atoms with Crippen LogP contribution >= 0.6 is 0 Å². The lowest BCUT2D eigenvalue weighted by Crippen LogP contribution is -2.25. The summed E-state index contributed by atoms with van der Waals surface area (Å²) in [5.41, 5.74) is 16.3. The molecule has 50 heavy (non-hydrogen) atoms. The Hall–Kier alpha value is -6.58. The molecule has 0 bridgehead atoms. The molecule has 7 aromatic carbocycles. The van der Waals surface area contributed by atoms with Crippen LogP contribution < -0.4 is 0 Å². The average molecular weight is 637 g/mol. The van der Waals surface area contributed by atoms with Crippen LogP contribution in [-0.4, -0.2) is 9.97 Å². The van der Waals surface area contributed by atoms with Crippen molar-refractivity contribution in [2.45, 2.75) is 5.41 Å². The molecular weight excluding hydrogens is 609 g/mol. The Morgan fingerprint density at radius 1 is 0.400 bits per heavy atom. The predicted molar refractivity (Wildman–Crippen MR) is 202 cm³/mol. The van der Waals surface area contributed by atoms with Gasteiger partial charge in [0.15, 0.2) is 5.82 Å². The van der Waals surface area contributed by atoms with E-state index in [2.05, 4.69) is 140 Å². The summed E-state index contributed by atoms with van der Waals surface area (Å²) in [7, 11) is 0. The molecular formula is C47H28N2O. The number of rotatable bonds is 3. The molecule has 9 aromatic rings. The van der Waals surface area contributed by atoms with Gasteiger partial charge in [-0.3, -0.25) is 0 Å². The number of benzene rings is 7. The Kier molecular flexibility index (Phi) is 5.59. The summed E-state index contributed by atoms with van der Waals surface area (Å²) in [4.78, 5) is 10.6. The fourth-order valence-electron chi connectivity index (χ4n) is 8.75. The highest BCUT2D eigenvalue weighted by Crippen LogP contribution is 2.63. The number of hydrogen-bond acceptors (Lipinski definition) is 3. The van der Waals surface area contributed by atoms with Crippen LogP contribution in [0.1, 0.15) is 22.3 Å². The summed E-state index contributed by atoms with van der Waals surface area (Å²) in [5, 5.41) is 2.18. The van der Waals surface area contributed by atoms with Gasteiger partial charge in [-0.15, -0.1) is 0 Å². The second kappa shape index (κ2) is 10.2. The molecule has 1 spiro atoms. The first kappa shape index (κ1) is 27.4. The largest absolute Gasteiger partial charge is 0.455 e. The zero-order valence-electron chi connectivity index (χ0n) is 27.0. The van der Waals surface area contributed by atoms with E-state index in [1.165, 1.54) is 44.5 Å². The summed E-state index contributed by atoms with van der Waals surface area (Å²) in [6, 6.07) is 60.5. The summed E-state index contributed by atoms with van der Waals surface area (Å²) in [6.07, 6.45) is 0. The van der Waals surface area contributed by atoms with Gasteiger partial charge in [-0.05, 0) is 62.7 Å². The van der Waals surface area contributed by atoms with Crippen molar-refractivity contribution < 1.29 is 4.42 Å². The smallest absolute Gasteiger partial charge is 0.160 e. The summed E-state index contributed by atoms with van der Waals surface area (Å²) >= 11 is 0. The molecule has 0 amide bonds. The van der Waals surface area contributed by atoms with Crippen molar-refractivity contribution in [2.24, 2.45) is 0 Å². The van der Waals surface area contributed by atoms with Crippen LogP contribution in [0.3, 0.4) is 0 Å². The molecule has 0 atom stereocenters.